The highest BCUT2D eigenvalue weighted by Crippen LogP contribution is 2.27. The Balaban J connectivity index is 0. The first kappa shape index (κ1) is 69.5. The highest BCUT2D eigenvalue weighted by Gasteiger charge is 2.12. The molecular weight excluding hydrogens is 841 g/mol. The average Bonchev–Trinajstić information content (AvgIpc) is 3.36. The third-order valence-corrected chi connectivity index (χ3v) is 14.3. The van der Waals surface area contributed by atoms with Gasteiger partial charge in [-0.05, 0) is 85.5 Å². The van der Waals surface area contributed by atoms with Crippen molar-refractivity contribution in [2.45, 2.75) is 313 Å². The van der Waals surface area contributed by atoms with Crippen LogP contribution in [0.25, 0.3) is 0 Å². The molecule has 1 atom stereocenters. The summed E-state index contributed by atoms with van der Waals surface area (Å²) < 4.78 is 0. The molecular formula is C70H124. The van der Waals surface area contributed by atoms with Crippen LogP contribution in [0.1, 0.15) is 309 Å². The molecule has 0 saturated heterocycles. The Hall–Kier alpha value is -2.60. The molecule has 0 aliphatic rings. The van der Waals surface area contributed by atoms with E-state index >= 15 is 0 Å². The molecule has 0 spiro atoms. The van der Waals surface area contributed by atoms with E-state index in [0.29, 0.717) is 0 Å². The van der Waals surface area contributed by atoms with Gasteiger partial charge in [-0.2, -0.15) is 0 Å². The predicted octanol–water partition coefficient (Wildman–Crippen LogP) is 24.4. The summed E-state index contributed by atoms with van der Waals surface area (Å²) in [5.74, 6) is 1.86. The molecule has 0 bridgehead atoms. The molecule has 0 nitrogen and oxygen atoms in total. The van der Waals surface area contributed by atoms with Crippen molar-refractivity contribution in [3.63, 3.8) is 0 Å². The minimum atomic E-state index is 0.839. The minimum absolute atomic E-state index is 0.839. The third-order valence-electron chi connectivity index (χ3n) is 14.3. The van der Waals surface area contributed by atoms with Gasteiger partial charge >= 0.3 is 0 Å². The summed E-state index contributed by atoms with van der Waals surface area (Å²) in [4.78, 5) is 0. The lowest BCUT2D eigenvalue weighted by Crippen LogP contribution is -2.04. The van der Waals surface area contributed by atoms with E-state index in [2.05, 4.69) is 137 Å². The maximum Gasteiger partial charge on any atom is -0.00697 e. The highest BCUT2D eigenvalue weighted by atomic mass is 14.2. The van der Waals surface area contributed by atoms with E-state index in [1.165, 1.54) is 257 Å². The van der Waals surface area contributed by atoms with Gasteiger partial charge in [0.15, 0.2) is 0 Å². The fourth-order valence-corrected chi connectivity index (χ4v) is 9.46. The molecule has 0 N–H and O–H groups in total. The first-order chi connectivity index (χ1) is 34.1. The highest BCUT2D eigenvalue weighted by molar-refractivity contribution is 5.29. The molecule has 0 heteroatoms. The van der Waals surface area contributed by atoms with Gasteiger partial charge in [-0.3, -0.25) is 0 Å². The zero-order valence-corrected chi connectivity index (χ0v) is 49.3. The SMILES string of the molecule is C=C(CCCCCC)Cc1ccc(CC(=C)CC(CCCCCCC)CCCCCCC)cc1.C=CCc1ccc(CC(=C)CCC)cc1.CCCC.CCCCCCCCCC(CC)CCCCC. The molecule has 0 heterocycles. The number of hydrogen-bond donors (Lipinski definition) is 0. The Morgan fingerprint density at radius 2 is 0.657 bits per heavy atom. The van der Waals surface area contributed by atoms with Crippen LogP contribution >= 0.6 is 0 Å². The largest absolute Gasteiger partial charge is 0.103 e. The monoisotopic (exact) mass is 965 g/mol. The molecule has 0 amide bonds. The van der Waals surface area contributed by atoms with Gasteiger partial charge in [-0.25, -0.2) is 0 Å². The van der Waals surface area contributed by atoms with Crippen molar-refractivity contribution in [1.82, 2.24) is 0 Å². The van der Waals surface area contributed by atoms with Crippen molar-refractivity contribution in [1.29, 1.82) is 0 Å². The normalized spacial score (nSPS) is 11.2. The molecule has 0 aromatic heterocycles. The van der Waals surface area contributed by atoms with Crippen LogP contribution in [-0.2, 0) is 25.7 Å². The van der Waals surface area contributed by atoms with E-state index in [1.807, 2.05) is 6.08 Å². The minimum Gasteiger partial charge on any atom is -0.103 e. The van der Waals surface area contributed by atoms with Gasteiger partial charge in [0.05, 0.1) is 0 Å². The van der Waals surface area contributed by atoms with Crippen LogP contribution in [-0.4, -0.2) is 0 Å². The summed E-state index contributed by atoms with van der Waals surface area (Å²) in [6.45, 7) is 37.1. The number of unbranched alkanes of at least 4 members (excludes halogenated alkanes) is 20. The molecule has 404 valence electrons. The van der Waals surface area contributed by atoms with Crippen LogP contribution in [0.4, 0.5) is 0 Å². The fraction of sp³-hybridized carbons (Fsp3) is 0.714. The third kappa shape index (κ3) is 46.5. The second-order valence-electron chi connectivity index (χ2n) is 21.6. The van der Waals surface area contributed by atoms with Crippen LogP contribution in [0.15, 0.2) is 97.6 Å². The second-order valence-corrected chi connectivity index (χ2v) is 21.6. The van der Waals surface area contributed by atoms with Crippen molar-refractivity contribution in [2.75, 3.05) is 0 Å². The standard InChI is InChI=1S/C34H58.C17H36.C15H20.C4H10/c1-6-9-12-15-18-21-32(22-19-16-13-10-7-2)28-31(5)29-34-25-23-33(24-26-34)27-30(4)20-17-14-11-8-3;1-4-7-9-10-11-12-14-16-17(6-3)15-13-8-5-2;1-4-6-13(3)12-15-10-8-14(7-5-2)9-11-15;1-3-4-2/h23-26,32H,4-22,27-29H2,1-3H3;17H,4-16H2,1-3H3;5,8-11H,2-4,6-7,12H2,1H3;3-4H2,1-2H3. The van der Waals surface area contributed by atoms with Gasteiger partial charge in [-0.1, -0.05) is 352 Å². The van der Waals surface area contributed by atoms with Crippen molar-refractivity contribution in [2.24, 2.45) is 11.8 Å². The molecule has 0 fully saturated rings. The molecule has 2 aromatic carbocycles. The van der Waals surface area contributed by atoms with Gasteiger partial charge in [0.2, 0.25) is 0 Å². The summed E-state index contributed by atoms with van der Waals surface area (Å²) in [5.41, 5.74) is 9.66. The first-order valence-electron chi connectivity index (χ1n) is 30.9. The number of benzene rings is 2. The van der Waals surface area contributed by atoms with E-state index in [4.69, 9.17) is 0 Å². The summed E-state index contributed by atoms with van der Waals surface area (Å²) in [6, 6.07) is 18.0. The number of allylic oxidation sites excluding steroid dienone is 4. The Morgan fingerprint density at radius 3 is 1.03 bits per heavy atom. The zero-order valence-electron chi connectivity index (χ0n) is 49.3. The lowest BCUT2D eigenvalue weighted by atomic mass is 9.87. The summed E-state index contributed by atoms with van der Waals surface area (Å²) in [5, 5.41) is 0. The molecule has 2 aromatic rings. The molecule has 0 aliphatic carbocycles. The van der Waals surface area contributed by atoms with Crippen molar-refractivity contribution >= 4 is 0 Å². The van der Waals surface area contributed by atoms with Crippen LogP contribution < -0.4 is 0 Å². The van der Waals surface area contributed by atoms with Crippen LogP contribution in [0.3, 0.4) is 0 Å². The van der Waals surface area contributed by atoms with Crippen molar-refractivity contribution < 1.29 is 0 Å². The number of rotatable bonds is 43. The summed E-state index contributed by atoms with van der Waals surface area (Å²) >= 11 is 0. The van der Waals surface area contributed by atoms with Gasteiger partial charge in [-0.15, -0.1) is 6.58 Å². The Morgan fingerprint density at radius 1 is 0.343 bits per heavy atom. The van der Waals surface area contributed by atoms with E-state index in [0.717, 1.165) is 43.9 Å². The van der Waals surface area contributed by atoms with Crippen molar-refractivity contribution in [3.8, 4) is 0 Å². The van der Waals surface area contributed by atoms with E-state index in [1.54, 1.807) is 0 Å². The van der Waals surface area contributed by atoms with E-state index in [9.17, 15) is 0 Å². The molecule has 0 saturated carbocycles. The molecule has 2 rings (SSSR count). The van der Waals surface area contributed by atoms with E-state index in [-0.39, 0.29) is 0 Å². The van der Waals surface area contributed by atoms with E-state index < -0.39 is 0 Å². The van der Waals surface area contributed by atoms with Gasteiger partial charge in [0, 0.05) is 0 Å². The van der Waals surface area contributed by atoms with Crippen LogP contribution in [0.5, 0.6) is 0 Å². The Bertz CT molecular complexity index is 1390. The molecule has 0 aliphatic heterocycles. The Kier molecular flexibility index (Phi) is 53.8. The smallest absolute Gasteiger partial charge is 0.00697 e. The first-order valence-corrected chi connectivity index (χ1v) is 30.9. The van der Waals surface area contributed by atoms with Crippen LogP contribution in [0.2, 0.25) is 0 Å². The fourth-order valence-electron chi connectivity index (χ4n) is 9.46. The van der Waals surface area contributed by atoms with Crippen molar-refractivity contribution in [3.05, 3.63) is 120 Å². The maximum atomic E-state index is 4.51. The van der Waals surface area contributed by atoms with Crippen LogP contribution in [0, 0.1) is 11.8 Å². The average molecular weight is 966 g/mol. The number of hydrogen-bond acceptors (Lipinski definition) is 0. The second kappa shape index (κ2) is 54.2. The van der Waals surface area contributed by atoms with Gasteiger partial charge < -0.3 is 0 Å². The summed E-state index contributed by atoms with van der Waals surface area (Å²) in [6.07, 6.45) is 54.2. The molecule has 1 unspecified atom stereocenters. The zero-order chi connectivity index (χ0) is 52.1. The lowest BCUT2D eigenvalue weighted by molar-refractivity contribution is 0.396. The topological polar surface area (TPSA) is 0 Å². The maximum absolute atomic E-state index is 4.51. The predicted molar refractivity (Wildman–Crippen MR) is 325 cm³/mol. The summed E-state index contributed by atoms with van der Waals surface area (Å²) in [7, 11) is 0. The lowest BCUT2D eigenvalue weighted by Gasteiger charge is -2.19. The quantitative estimate of drug-likeness (QED) is 0.0459. The Labute approximate surface area is 442 Å². The van der Waals surface area contributed by atoms with Gasteiger partial charge in [0.1, 0.15) is 0 Å². The van der Waals surface area contributed by atoms with Gasteiger partial charge in [0.25, 0.3) is 0 Å². The molecule has 70 heavy (non-hydrogen) atoms. The molecule has 0 radical (unpaired) electrons.